The largest absolute Gasteiger partial charge is 0.462 e. The summed E-state index contributed by atoms with van der Waals surface area (Å²) < 4.78 is 20.4. The van der Waals surface area contributed by atoms with E-state index < -0.39 is 17.8 Å². The topological polar surface area (TPSA) is 98.5 Å². The second-order valence-electron chi connectivity index (χ2n) is 12.2. The van der Waals surface area contributed by atoms with Crippen LogP contribution in [0.1, 0.15) is 32.6 Å². The minimum absolute atomic E-state index is 0.0587. The molecule has 0 saturated carbocycles. The monoisotopic (exact) mass is 625 g/mol. The number of ether oxygens (including phenoxy) is 1. The highest BCUT2D eigenvalue weighted by atomic mass is 35.5. The van der Waals surface area contributed by atoms with Gasteiger partial charge in [0.1, 0.15) is 12.1 Å². The van der Waals surface area contributed by atoms with E-state index in [-0.39, 0.29) is 36.6 Å². The average molecular weight is 626 g/mol. The highest BCUT2D eigenvalue weighted by Gasteiger charge is 2.57. The Hall–Kier alpha value is -4.33. The van der Waals surface area contributed by atoms with E-state index in [1.807, 2.05) is 49.4 Å². The van der Waals surface area contributed by atoms with Crippen molar-refractivity contribution >= 4 is 45.1 Å². The summed E-state index contributed by atoms with van der Waals surface area (Å²) in [5.74, 6) is -1.21. The molecule has 9 nitrogen and oxygen atoms in total. The fraction of sp³-hybridized carbons (Fsp3) is 0.382. The third-order valence-electron chi connectivity index (χ3n) is 9.74. The van der Waals surface area contributed by atoms with Gasteiger partial charge in [-0.05, 0) is 62.9 Å². The second kappa shape index (κ2) is 11.5. The number of aromatic nitrogens is 3. The van der Waals surface area contributed by atoms with Gasteiger partial charge in [-0.1, -0.05) is 48.5 Å². The Morgan fingerprint density at radius 2 is 2.02 bits per heavy atom. The van der Waals surface area contributed by atoms with Crippen molar-refractivity contribution in [1.82, 2.24) is 24.8 Å². The number of likely N-dealkylation sites (N-methyl/N-ethyl adjacent to an activating group) is 1. The summed E-state index contributed by atoms with van der Waals surface area (Å²) in [6.45, 7) is 6.70. The van der Waals surface area contributed by atoms with Crippen molar-refractivity contribution in [3.63, 3.8) is 0 Å². The number of carbonyl (C=O) groups excluding carboxylic acids is 1. The van der Waals surface area contributed by atoms with Crippen LogP contribution in [0.15, 0.2) is 61.1 Å². The molecule has 2 bridgehead atoms. The maximum atomic E-state index is 14.1. The van der Waals surface area contributed by atoms with Crippen LogP contribution in [0.4, 0.5) is 10.2 Å². The number of amides is 1. The van der Waals surface area contributed by atoms with E-state index >= 15 is 0 Å². The molecular formula is C34H33ClFN7O2. The molecular weight excluding hydrogens is 593 g/mol. The van der Waals surface area contributed by atoms with Crippen LogP contribution in [0, 0.1) is 11.3 Å². The Morgan fingerprint density at radius 3 is 2.76 bits per heavy atom. The second-order valence-corrected chi connectivity index (χ2v) is 12.6. The van der Waals surface area contributed by atoms with E-state index in [2.05, 4.69) is 29.5 Å². The van der Waals surface area contributed by atoms with Crippen molar-refractivity contribution in [2.75, 3.05) is 25.1 Å². The van der Waals surface area contributed by atoms with Gasteiger partial charge in [-0.25, -0.2) is 4.39 Å². The fourth-order valence-corrected chi connectivity index (χ4v) is 7.84. The lowest BCUT2D eigenvalue weighted by Crippen LogP contribution is -2.59. The summed E-state index contributed by atoms with van der Waals surface area (Å²) in [6.07, 6.45) is 4.59. The number of benzene rings is 2. The molecule has 230 valence electrons. The predicted octanol–water partition coefficient (Wildman–Crippen LogP) is 5.91. The lowest BCUT2D eigenvalue weighted by atomic mass is 9.99. The molecule has 3 aliphatic rings. The van der Waals surface area contributed by atoms with Crippen LogP contribution < -0.4 is 9.64 Å². The Kier molecular flexibility index (Phi) is 7.54. The molecule has 0 N–H and O–H groups in total. The number of halogens is 2. The zero-order valence-electron chi connectivity index (χ0n) is 25.2. The van der Waals surface area contributed by atoms with Crippen LogP contribution in [0.5, 0.6) is 6.01 Å². The third kappa shape index (κ3) is 4.95. The summed E-state index contributed by atoms with van der Waals surface area (Å²) >= 11 is 6.67. The van der Waals surface area contributed by atoms with Gasteiger partial charge in [-0.15, -0.1) is 0 Å². The molecule has 45 heavy (non-hydrogen) atoms. The van der Waals surface area contributed by atoms with Crippen molar-refractivity contribution in [2.24, 2.45) is 0 Å². The number of nitrogens with zero attached hydrogens (tertiary/aromatic N) is 7. The number of rotatable bonds is 7. The molecule has 0 radical (unpaired) electrons. The number of nitriles is 1. The molecule has 1 amide bonds. The van der Waals surface area contributed by atoms with Gasteiger partial charge >= 0.3 is 6.01 Å². The van der Waals surface area contributed by atoms with E-state index in [9.17, 15) is 14.4 Å². The molecule has 0 spiro atoms. The first kappa shape index (κ1) is 29.4. The number of hydrogen-bond donors (Lipinski definition) is 0. The van der Waals surface area contributed by atoms with Crippen molar-refractivity contribution in [1.29, 1.82) is 5.26 Å². The standard InChI is InChI=1S/C34H33ClFN7O2/c1-19(36)33(44)43-27(12-13-37)29-16-28(43)20(2)42(29)32-31-26(39-34(40-32)45-18-23-9-6-14-41(23)3)15-22(17-38-31)24-10-4-7-21-8-5-11-25(35)30(21)24/h4-5,7-8,10-11,15,17,20,23,27-29H,1,6,9,12,14,16,18H2,2-3H3. The number of carbonyl (C=O) groups is 1. The Labute approximate surface area is 265 Å². The SMILES string of the molecule is C=C(F)C(=O)N1C2CC(C1CC#N)N(c1nc(OCC3CCCN3C)nc3cc(-c4cccc5cccc(Cl)c45)cnc13)C2C. The van der Waals surface area contributed by atoms with Gasteiger partial charge in [0.25, 0.3) is 5.91 Å². The number of anilines is 1. The molecule has 3 aliphatic heterocycles. The summed E-state index contributed by atoms with van der Waals surface area (Å²) in [5, 5.41) is 12.3. The van der Waals surface area contributed by atoms with E-state index in [0.29, 0.717) is 34.9 Å². The molecule has 11 heteroatoms. The van der Waals surface area contributed by atoms with Crippen molar-refractivity contribution in [3.05, 3.63) is 66.1 Å². The number of pyridine rings is 1. The quantitative estimate of drug-likeness (QED) is 0.234. The summed E-state index contributed by atoms with van der Waals surface area (Å²) in [5.41, 5.74) is 2.97. The number of likely N-dealkylation sites (tertiary alicyclic amines) is 2. The maximum Gasteiger partial charge on any atom is 0.319 e. The molecule has 4 aromatic rings. The molecule has 3 fully saturated rings. The fourth-order valence-electron chi connectivity index (χ4n) is 7.55. The molecule has 5 unspecified atom stereocenters. The average Bonchev–Trinajstić information content (AvgIpc) is 3.71. The van der Waals surface area contributed by atoms with Crippen LogP contribution in [0.2, 0.25) is 5.02 Å². The van der Waals surface area contributed by atoms with Crippen molar-refractivity contribution in [3.8, 4) is 23.2 Å². The first-order chi connectivity index (χ1) is 21.8. The van der Waals surface area contributed by atoms with Crippen molar-refractivity contribution < 1.29 is 13.9 Å². The molecule has 7 rings (SSSR count). The normalized spacial score (nSPS) is 24.5. The van der Waals surface area contributed by atoms with Crippen molar-refractivity contribution in [2.45, 2.75) is 62.8 Å². The van der Waals surface area contributed by atoms with Crippen LogP contribution in [-0.2, 0) is 4.79 Å². The molecule has 3 saturated heterocycles. The Morgan fingerprint density at radius 1 is 1.22 bits per heavy atom. The van der Waals surface area contributed by atoms with E-state index in [1.54, 1.807) is 6.20 Å². The lowest BCUT2D eigenvalue weighted by molar-refractivity contribution is -0.132. The predicted molar refractivity (Wildman–Crippen MR) is 172 cm³/mol. The van der Waals surface area contributed by atoms with Gasteiger partial charge in [0.2, 0.25) is 0 Å². The van der Waals surface area contributed by atoms with Gasteiger partial charge in [0, 0.05) is 34.3 Å². The molecule has 5 atom stereocenters. The third-order valence-corrected chi connectivity index (χ3v) is 10.1. The van der Waals surface area contributed by atoms with Gasteiger partial charge in [-0.3, -0.25) is 9.78 Å². The van der Waals surface area contributed by atoms with Gasteiger partial charge in [-0.2, -0.15) is 15.2 Å². The summed E-state index contributed by atoms with van der Waals surface area (Å²) in [4.78, 5) is 33.4. The number of hydrogen-bond acceptors (Lipinski definition) is 8. The minimum Gasteiger partial charge on any atom is -0.462 e. The van der Waals surface area contributed by atoms with E-state index in [1.165, 1.54) is 4.90 Å². The first-order valence-corrected chi connectivity index (χ1v) is 15.7. The van der Waals surface area contributed by atoms with Crippen LogP contribution >= 0.6 is 11.6 Å². The zero-order valence-corrected chi connectivity index (χ0v) is 25.9. The van der Waals surface area contributed by atoms with E-state index in [4.69, 9.17) is 31.3 Å². The highest BCUT2D eigenvalue weighted by Crippen LogP contribution is 2.46. The maximum absolute atomic E-state index is 14.1. The van der Waals surface area contributed by atoms with Crippen LogP contribution in [-0.4, -0.2) is 81.1 Å². The smallest absolute Gasteiger partial charge is 0.319 e. The van der Waals surface area contributed by atoms with Gasteiger partial charge in [0.05, 0.1) is 36.1 Å². The van der Waals surface area contributed by atoms with Gasteiger partial charge < -0.3 is 19.4 Å². The highest BCUT2D eigenvalue weighted by molar-refractivity contribution is 6.36. The number of fused-ring (bicyclic) bond motifs is 4. The Balaban J connectivity index is 1.34. The van der Waals surface area contributed by atoms with Crippen LogP contribution in [0.3, 0.4) is 0 Å². The van der Waals surface area contributed by atoms with Crippen LogP contribution in [0.25, 0.3) is 32.9 Å². The molecule has 5 heterocycles. The lowest BCUT2D eigenvalue weighted by Gasteiger charge is -2.44. The summed E-state index contributed by atoms with van der Waals surface area (Å²) in [7, 11) is 2.09. The van der Waals surface area contributed by atoms with Gasteiger partial charge in [0.15, 0.2) is 11.6 Å². The summed E-state index contributed by atoms with van der Waals surface area (Å²) in [6, 6.07) is 15.2. The zero-order chi connectivity index (χ0) is 31.4. The van der Waals surface area contributed by atoms with E-state index in [0.717, 1.165) is 41.3 Å². The molecule has 2 aromatic heterocycles. The number of piperazine rings is 1. The minimum atomic E-state index is -1.02. The first-order valence-electron chi connectivity index (χ1n) is 15.3. The molecule has 0 aliphatic carbocycles. The Bertz CT molecular complexity index is 1870. The molecule has 2 aromatic carbocycles.